The largest absolute Gasteiger partial charge is 0.462 e. The fourth-order valence-corrected chi connectivity index (χ4v) is 5.85. The Morgan fingerprint density at radius 3 is 1.15 bits per heavy atom. The van der Waals surface area contributed by atoms with Crippen molar-refractivity contribution < 1.29 is 38.1 Å². The lowest BCUT2D eigenvalue weighted by Crippen LogP contribution is -2.34. The van der Waals surface area contributed by atoms with Crippen molar-refractivity contribution in [1.29, 1.82) is 0 Å². The molecule has 1 atom stereocenters. The van der Waals surface area contributed by atoms with Gasteiger partial charge in [-0.25, -0.2) is 0 Å². The van der Waals surface area contributed by atoms with Crippen LogP contribution in [0.1, 0.15) is 140 Å². The van der Waals surface area contributed by atoms with Crippen molar-refractivity contribution in [3.8, 4) is 0 Å². The Morgan fingerprint density at radius 2 is 0.788 bits per heavy atom. The highest BCUT2D eigenvalue weighted by molar-refractivity contribution is 5.70. The van der Waals surface area contributed by atoms with E-state index in [1.165, 1.54) is 0 Å². The molecule has 2 rings (SSSR count). The number of hydrogen-bond acceptors (Lipinski definition) is 9. The minimum absolute atomic E-state index is 0.0767. The Morgan fingerprint density at radius 1 is 0.462 bits per heavy atom. The SMILES string of the molecule is CN(C)CC(COC(=O)CCCCCCCCCCC(=O)OCc1ccccc1)OC(=O)CCCCCCCCCCC(=O)OCc1ccccc1. The van der Waals surface area contributed by atoms with Gasteiger partial charge in [0.25, 0.3) is 0 Å². The number of carbonyl (C=O) groups excluding carboxylic acids is 4. The molecule has 0 aliphatic heterocycles. The molecule has 52 heavy (non-hydrogen) atoms. The summed E-state index contributed by atoms with van der Waals surface area (Å²) >= 11 is 0. The van der Waals surface area contributed by atoms with Crippen molar-refractivity contribution in [2.75, 3.05) is 27.2 Å². The number of esters is 4. The van der Waals surface area contributed by atoms with Gasteiger partial charge in [-0.1, -0.05) is 138 Å². The van der Waals surface area contributed by atoms with Crippen LogP contribution in [0.2, 0.25) is 0 Å². The predicted octanol–water partition coefficient (Wildman–Crippen LogP) is 9.29. The number of carbonyl (C=O) groups is 4. The van der Waals surface area contributed by atoms with E-state index in [1.807, 2.05) is 79.7 Å². The second-order valence-corrected chi connectivity index (χ2v) is 14.0. The monoisotopic (exact) mass is 723 g/mol. The Bertz CT molecular complexity index is 1220. The standard InChI is InChI=1S/C43H65NO8/c1-44(2)33-39(52-43(48)32-24-14-10-6-5-8-12-22-30-41(46)50-35-38-27-19-16-20-28-38)36-51-42(47)31-23-13-9-4-3-7-11-21-29-40(45)49-34-37-25-17-15-18-26-37/h15-20,25-28,39H,3-14,21-24,29-36H2,1-2H3. The van der Waals surface area contributed by atoms with Crippen LogP contribution in [0.5, 0.6) is 0 Å². The number of unbranched alkanes of at least 4 members (excludes halogenated alkanes) is 14. The van der Waals surface area contributed by atoms with Crippen molar-refractivity contribution in [1.82, 2.24) is 4.90 Å². The molecule has 0 bridgehead atoms. The molecule has 1 unspecified atom stereocenters. The lowest BCUT2D eigenvalue weighted by atomic mass is 10.1. The summed E-state index contributed by atoms with van der Waals surface area (Å²) in [5, 5.41) is 0. The Balaban J connectivity index is 1.39. The van der Waals surface area contributed by atoms with Gasteiger partial charge in [-0.2, -0.15) is 0 Å². The number of rotatable bonds is 31. The van der Waals surface area contributed by atoms with Crippen molar-refractivity contribution in [3.05, 3.63) is 71.8 Å². The van der Waals surface area contributed by atoms with E-state index in [-0.39, 0.29) is 30.5 Å². The number of hydrogen-bond donors (Lipinski definition) is 0. The third-order valence-electron chi connectivity index (χ3n) is 8.81. The van der Waals surface area contributed by atoms with Crippen molar-refractivity contribution in [2.24, 2.45) is 0 Å². The molecule has 9 nitrogen and oxygen atoms in total. The summed E-state index contributed by atoms with van der Waals surface area (Å²) < 4.78 is 21.8. The molecule has 0 aliphatic carbocycles. The molecule has 2 aromatic carbocycles. The summed E-state index contributed by atoms with van der Waals surface area (Å²) in [7, 11) is 3.81. The van der Waals surface area contributed by atoms with Gasteiger partial charge < -0.3 is 23.8 Å². The third-order valence-corrected chi connectivity index (χ3v) is 8.81. The predicted molar refractivity (Wildman–Crippen MR) is 204 cm³/mol. The molecule has 0 N–H and O–H groups in total. The Labute approximate surface area is 313 Å². The van der Waals surface area contributed by atoms with E-state index in [0.29, 0.717) is 45.4 Å². The smallest absolute Gasteiger partial charge is 0.306 e. The third kappa shape index (κ3) is 25.3. The molecule has 0 spiro atoms. The fraction of sp³-hybridized carbons (Fsp3) is 0.628. The lowest BCUT2D eigenvalue weighted by Gasteiger charge is -2.21. The molecule has 0 radical (unpaired) electrons. The molecule has 0 aromatic heterocycles. The highest BCUT2D eigenvalue weighted by Gasteiger charge is 2.18. The van der Waals surface area contributed by atoms with Gasteiger partial charge in [-0.3, -0.25) is 19.2 Å². The zero-order chi connectivity index (χ0) is 37.5. The number of nitrogens with zero attached hydrogens (tertiary/aromatic N) is 1. The molecule has 9 heteroatoms. The normalized spacial score (nSPS) is 11.6. The minimum atomic E-state index is -0.479. The zero-order valence-electron chi connectivity index (χ0n) is 32.0. The van der Waals surface area contributed by atoms with Gasteiger partial charge in [0.1, 0.15) is 25.9 Å². The van der Waals surface area contributed by atoms with E-state index in [2.05, 4.69) is 0 Å². The van der Waals surface area contributed by atoms with E-state index in [0.717, 1.165) is 114 Å². The van der Waals surface area contributed by atoms with Crippen LogP contribution in [0.25, 0.3) is 0 Å². The first-order valence-electron chi connectivity index (χ1n) is 19.7. The van der Waals surface area contributed by atoms with Crippen molar-refractivity contribution in [3.63, 3.8) is 0 Å². The fourth-order valence-electron chi connectivity index (χ4n) is 5.85. The van der Waals surface area contributed by atoms with Gasteiger partial charge in [0.15, 0.2) is 0 Å². The average molecular weight is 724 g/mol. The first kappa shape index (κ1) is 44.4. The maximum absolute atomic E-state index is 12.5. The maximum atomic E-state index is 12.5. The highest BCUT2D eigenvalue weighted by Crippen LogP contribution is 2.14. The second-order valence-electron chi connectivity index (χ2n) is 14.0. The summed E-state index contributed by atoms with van der Waals surface area (Å²) in [4.78, 5) is 50.6. The molecule has 0 amide bonds. The van der Waals surface area contributed by atoms with Crippen LogP contribution in [0.15, 0.2) is 60.7 Å². The number of likely N-dealkylation sites (N-methyl/N-ethyl adjacent to an activating group) is 1. The first-order chi connectivity index (χ1) is 25.3. The highest BCUT2D eigenvalue weighted by atomic mass is 16.6. The van der Waals surface area contributed by atoms with Crippen LogP contribution in [0.4, 0.5) is 0 Å². The van der Waals surface area contributed by atoms with Gasteiger partial charge in [-0.05, 0) is 50.9 Å². The lowest BCUT2D eigenvalue weighted by molar-refractivity contribution is -0.160. The Hall–Kier alpha value is -3.72. The average Bonchev–Trinajstić information content (AvgIpc) is 3.14. The van der Waals surface area contributed by atoms with Crippen LogP contribution in [-0.4, -0.2) is 62.1 Å². The zero-order valence-corrected chi connectivity index (χ0v) is 32.0. The van der Waals surface area contributed by atoms with Gasteiger partial charge >= 0.3 is 23.9 Å². The van der Waals surface area contributed by atoms with Gasteiger partial charge in [0.2, 0.25) is 0 Å². The van der Waals surface area contributed by atoms with Gasteiger partial charge in [0, 0.05) is 32.2 Å². The van der Waals surface area contributed by atoms with Crippen LogP contribution in [0, 0.1) is 0 Å². The van der Waals surface area contributed by atoms with Crippen LogP contribution in [0.3, 0.4) is 0 Å². The van der Waals surface area contributed by atoms with E-state index >= 15 is 0 Å². The topological polar surface area (TPSA) is 108 Å². The van der Waals surface area contributed by atoms with Gasteiger partial charge in [0.05, 0.1) is 0 Å². The van der Waals surface area contributed by atoms with Crippen LogP contribution >= 0.6 is 0 Å². The molecular weight excluding hydrogens is 658 g/mol. The summed E-state index contributed by atoms with van der Waals surface area (Å²) in [6, 6.07) is 19.4. The maximum Gasteiger partial charge on any atom is 0.306 e. The van der Waals surface area contributed by atoms with Crippen molar-refractivity contribution >= 4 is 23.9 Å². The molecule has 0 saturated carbocycles. The minimum Gasteiger partial charge on any atom is -0.462 e. The van der Waals surface area contributed by atoms with E-state index in [1.54, 1.807) is 0 Å². The molecule has 0 aliphatic rings. The molecule has 0 saturated heterocycles. The molecule has 0 fully saturated rings. The van der Waals surface area contributed by atoms with Crippen LogP contribution in [-0.2, 0) is 51.3 Å². The summed E-state index contributed by atoms with van der Waals surface area (Å²) in [6.07, 6.45) is 17.2. The first-order valence-corrected chi connectivity index (χ1v) is 19.7. The van der Waals surface area contributed by atoms with Crippen LogP contribution < -0.4 is 0 Å². The summed E-state index contributed by atoms with van der Waals surface area (Å²) in [5.41, 5.74) is 2.01. The summed E-state index contributed by atoms with van der Waals surface area (Å²) in [5.74, 6) is -0.770. The quantitative estimate of drug-likeness (QED) is 0.0427. The molecule has 0 heterocycles. The van der Waals surface area contributed by atoms with E-state index < -0.39 is 6.10 Å². The molecular formula is C43H65NO8. The number of benzene rings is 2. The molecule has 290 valence electrons. The number of ether oxygens (including phenoxy) is 4. The van der Waals surface area contributed by atoms with E-state index in [4.69, 9.17) is 18.9 Å². The van der Waals surface area contributed by atoms with E-state index in [9.17, 15) is 19.2 Å². The molecule has 2 aromatic rings. The van der Waals surface area contributed by atoms with Crippen molar-refractivity contribution in [2.45, 2.75) is 148 Å². The Kier molecular flexibility index (Phi) is 25.5. The summed E-state index contributed by atoms with van der Waals surface area (Å²) in [6.45, 7) is 1.24. The van der Waals surface area contributed by atoms with Gasteiger partial charge in [-0.15, -0.1) is 0 Å². The second kappa shape index (κ2) is 29.8.